The van der Waals surface area contributed by atoms with Crippen LogP contribution in [0.2, 0.25) is 0 Å². The molecule has 0 amide bonds. The molecule has 1 N–H and O–H groups in total. The third-order valence-electron chi connectivity index (χ3n) is 4.24. The van der Waals surface area contributed by atoms with Gasteiger partial charge >= 0.3 is 0 Å². The minimum atomic E-state index is -0.135. The van der Waals surface area contributed by atoms with Gasteiger partial charge in [-0.05, 0) is 49.0 Å². The van der Waals surface area contributed by atoms with Crippen LogP contribution in [0.1, 0.15) is 38.7 Å². The second kappa shape index (κ2) is 8.04. The zero-order valence-electron chi connectivity index (χ0n) is 13.5. The van der Waals surface area contributed by atoms with Gasteiger partial charge in [0, 0.05) is 25.0 Å². The summed E-state index contributed by atoms with van der Waals surface area (Å²) in [5.41, 5.74) is 1.29. The van der Waals surface area contributed by atoms with E-state index < -0.39 is 0 Å². The Balaban J connectivity index is 1.85. The zero-order valence-corrected chi connectivity index (χ0v) is 14.3. The molecule has 1 saturated heterocycles. The minimum absolute atomic E-state index is 0.135. The Bertz CT molecular complexity index is 413. The quantitative estimate of drug-likeness (QED) is 0.871. The number of aliphatic hydroxyl groups is 1. The lowest BCUT2D eigenvalue weighted by Gasteiger charge is -2.35. The SMILES string of the molecule is CSCc1ccc(N2CCC([C@H](O)CC(C)C)CC2)nc1. The number of aromatic nitrogens is 1. The van der Waals surface area contributed by atoms with Crippen molar-refractivity contribution in [1.29, 1.82) is 0 Å². The van der Waals surface area contributed by atoms with Crippen LogP contribution in [-0.2, 0) is 5.75 Å². The van der Waals surface area contributed by atoms with Crippen LogP contribution in [0.15, 0.2) is 18.3 Å². The highest BCUT2D eigenvalue weighted by molar-refractivity contribution is 7.97. The maximum atomic E-state index is 10.3. The molecule has 118 valence electrons. The van der Waals surface area contributed by atoms with Gasteiger partial charge in [-0.3, -0.25) is 0 Å². The Hall–Kier alpha value is -0.740. The van der Waals surface area contributed by atoms with Gasteiger partial charge in [-0.1, -0.05) is 19.9 Å². The highest BCUT2D eigenvalue weighted by Gasteiger charge is 2.26. The van der Waals surface area contributed by atoms with Crippen LogP contribution in [0.5, 0.6) is 0 Å². The third kappa shape index (κ3) is 4.89. The standard InChI is InChI=1S/C17H28N2OS/c1-13(2)10-16(20)15-6-8-19(9-7-15)17-5-4-14(11-18-17)12-21-3/h4-5,11,13,15-16,20H,6-10,12H2,1-3H3/t16-/m1/s1. The van der Waals surface area contributed by atoms with E-state index in [9.17, 15) is 5.11 Å². The van der Waals surface area contributed by atoms with Crippen LogP contribution in [0, 0.1) is 11.8 Å². The molecule has 1 aromatic rings. The van der Waals surface area contributed by atoms with Gasteiger partial charge in [0.2, 0.25) is 0 Å². The second-order valence-electron chi connectivity index (χ2n) is 6.48. The number of rotatable bonds is 6. The Labute approximate surface area is 133 Å². The largest absolute Gasteiger partial charge is 0.393 e. The maximum Gasteiger partial charge on any atom is 0.128 e. The smallest absolute Gasteiger partial charge is 0.128 e. The molecule has 2 heterocycles. The number of pyridine rings is 1. The highest BCUT2D eigenvalue weighted by atomic mass is 32.2. The fourth-order valence-electron chi connectivity index (χ4n) is 3.04. The van der Waals surface area contributed by atoms with E-state index in [1.807, 2.05) is 18.0 Å². The van der Waals surface area contributed by atoms with Gasteiger partial charge < -0.3 is 10.0 Å². The summed E-state index contributed by atoms with van der Waals surface area (Å²) in [6, 6.07) is 4.31. The number of hydrogen-bond acceptors (Lipinski definition) is 4. The Morgan fingerprint density at radius 1 is 1.33 bits per heavy atom. The molecule has 0 unspecified atom stereocenters. The van der Waals surface area contributed by atoms with E-state index in [-0.39, 0.29) is 6.10 Å². The molecule has 0 spiro atoms. The van der Waals surface area contributed by atoms with Gasteiger partial charge in [-0.25, -0.2) is 4.98 Å². The van der Waals surface area contributed by atoms with Crippen LogP contribution in [0.4, 0.5) is 5.82 Å². The molecular weight excluding hydrogens is 280 g/mol. The monoisotopic (exact) mass is 308 g/mol. The first kappa shape index (κ1) is 16.6. The lowest BCUT2D eigenvalue weighted by atomic mass is 9.87. The fraction of sp³-hybridized carbons (Fsp3) is 0.706. The summed E-state index contributed by atoms with van der Waals surface area (Å²) in [4.78, 5) is 6.94. The molecule has 0 bridgehead atoms. The van der Waals surface area contributed by atoms with Gasteiger partial charge in [-0.15, -0.1) is 0 Å². The van der Waals surface area contributed by atoms with Crippen LogP contribution in [-0.4, -0.2) is 35.5 Å². The molecule has 1 aromatic heterocycles. The summed E-state index contributed by atoms with van der Waals surface area (Å²) in [5.74, 6) is 3.14. The zero-order chi connectivity index (χ0) is 15.2. The summed E-state index contributed by atoms with van der Waals surface area (Å²) < 4.78 is 0. The van der Waals surface area contributed by atoms with Crippen molar-refractivity contribution in [1.82, 2.24) is 4.98 Å². The van der Waals surface area contributed by atoms with Crippen molar-refractivity contribution in [3.05, 3.63) is 23.9 Å². The molecule has 1 fully saturated rings. The normalized spacial score (nSPS) is 18.2. The number of piperidine rings is 1. The van der Waals surface area contributed by atoms with Crippen molar-refractivity contribution in [2.24, 2.45) is 11.8 Å². The van der Waals surface area contributed by atoms with E-state index in [1.165, 1.54) is 5.56 Å². The molecular formula is C17H28N2OS. The predicted octanol–water partition coefficient (Wildman–Crippen LogP) is 3.57. The summed E-state index contributed by atoms with van der Waals surface area (Å²) in [5, 5.41) is 10.3. The van der Waals surface area contributed by atoms with Crippen molar-refractivity contribution in [3.63, 3.8) is 0 Å². The first-order chi connectivity index (χ1) is 10.1. The van der Waals surface area contributed by atoms with E-state index in [0.717, 1.165) is 43.9 Å². The number of aliphatic hydroxyl groups excluding tert-OH is 1. The fourth-order valence-corrected chi connectivity index (χ4v) is 3.55. The predicted molar refractivity (Wildman–Crippen MR) is 91.9 cm³/mol. The van der Waals surface area contributed by atoms with Gasteiger partial charge in [0.25, 0.3) is 0 Å². The molecule has 0 aromatic carbocycles. The van der Waals surface area contributed by atoms with E-state index in [4.69, 9.17) is 0 Å². The number of anilines is 1. The Kier molecular flexibility index (Phi) is 6.37. The molecule has 0 saturated carbocycles. The van der Waals surface area contributed by atoms with E-state index in [0.29, 0.717) is 11.8 Å². The van der Waals surface area contributed by atoms with E-state index in [1.54, 1.807) is 0 Å². The first-order valence-corrected chi connectivity index (χ1v) is 9.36. The lowest BCUT2D eigenvalue weighted by Crippen LogP contribution is -2.38. The lowest BCUT2D eigenvalue weighted by molar-refractivity contribution is 0.0734. The second-order valence-corrected chi connectivity index (χ2v) is 7.35. The molecule has 0 radical (unpaired) electrons. The third-order valence-corrected chi connectivity index (χ3v) is 4.86. The van der Waals surface area contributed by atoms with Gasteiger partial charge in [-0.2, -0.15) is 11.8 Å². The van der Waals surface area contributed by atoms with Crippen LogP contribution >= 0.6 is 11.8 Å². The average molecular weight is 308 g/mol. The molecule has 1 aliphatic heterocycles. The van der Waals surface area contributed by atoms with Gasteiger partial charge in [0.15, 0.2) is 0 Å². The van der Waals surface area contributed by atoms with Crippen LogP contribution in [0.25, 0.3) is 0 Å². The van der Waals surface area contributed by atoms with Crippen LogP contribution in [0.3, 0.4) is 0 Å². The molecule has 3 nitrogen and oxygen atoms in total. The summed E-state index contributed by atoms with van der Waals surface area (Å²) in [6.45, 7) is 6.38. The van der Waals surface area contributed by atoms with Gasteiger partial charge in [0.05, 0.1) is 6.10 Å². The number of hydrogen-bond donors (Lipinski definition) is 1. The Morgan fingerprint density at radius 2 is 2.05 bits per heavy atom. The number of nitrogens with zero attached hydrogens (tertiary/aromatic N) is 2. The Morgan fingerprint density at radius 3 is 2.57 bits per heavy atom. The van der Waals surface area contributed by atoms with E-state index >= 15 is 0 Å². The topological polar surface area (TPSA) is 36.4 Å². The summed E-state index contributed by atoms with van der Waals surface area (Å²) in [6.07, 6.45) is 7.03. The summed E-state index contributed by atoms with van der Waals surface area (Å²) in [7, 11) is 0. The first-order valence-electron chi connectivity index (χ1n) is 7.97. The summed E-state index contributed by atoms with van der Waals surface area (Å²) >= 11 is 1.82. The molecule has 1 atom stereocenters. The van der Waals surface area contributed by atoms with Crippen molar-refractivity contribution in [2.45, 2.75) is 45.0 Å². The minimum Gasteiger partial charge on any atom is -0.393 e. The van der Waals surface area contributed by atoms with Crippen LogP contribution < -0.4 is 4.90 Å². The van der Waals surface area contributed by atoms with Crippen molar-refractivity contribution in [2.75, 3.05) is 24.2 Å². The van der Waals surface area contributed by atoms with Crippen molar-refractivity contribution < 1.29 is 5.11 Å². The molecule has 21 heavy (non-hydrogen) atoms. The maximum absolute atomic E-state index is 10.3. The number of thioether (sulfide) groups is 1. The average Bonchev–Trinajstić information content (AvgIpc) is 2.48. The van der Waals surface area contributed by atoms with Crippen molar-refractivity contribution in [3.8, 4) is 0 Å². The molecule has 0 aliphatic carbocycles. The van der Waals surface area contributed by atoms with Crippen molar-refractivity contribution >= 4 is 17.6 Å². The molecule has 1 aliphatic rings. The molecule has 4 heteroatoms. The van der Waals surface area contributed by atoms with E-state index in [2.05, 4.69) is 42.1 Å². The molecule has 2 rings (SSSR count). The highest BCUT2D eigenvalue weighted by Crippen LogP contribution is 2.27. The van der Waals surface area contributed by atoms with Gasteiger partial charge in [0.1, 0.15) is 5.82 Å².